The zero-order valence-corrected chi connectivity index (χ0v) is 9.29. The molecular formula is C9H10Cl2OS. The van der Waals surface area contributed by atoms with Crippen LogP contribution in [-0.4, -0.2) is 17.5 Å². The molecular weight excluding hydrogens is 227 g/mol. The zero-order chi connectivity index (χ0) is 9.68. The van der Waals surface area contributed by atoms with Crippen LogP contribution in [0.1, 0.15) is 5.56 Å². The quantitative estimate of drug-likeness (QED) is 0.811. The summed E-state index contributed by atoms with van der Waals surface area (Å²) in [4.78, 5) is 0. The molecule has 0 aliphatic rings. The molecule has 0 atom stereocenters. The Bertz CT molecular complexity index is 258. The highest BCUT2D eigenvalue weighted by molar-refractivity contribution is 7.98. The average Bonchev–Trinajstić information content (AvgIpc) is 2.10. The minimum Gasteiger partial charge on any atom is -0.396 e. The van der Waals surface area contributed by atoms with Gasteiger partial charge in [0.2, 0.25) is 0 Å². The van der Waals surface area contributed by atoms with Crippen molar-refractivity contribution in [1.29, 1.82) is 0 Å². The maximum Gasteiger partial charge on any atom is 0.0521 e. The Kier molecular flexibility index (Phi) is 4.96. The summed E-state index contributed by atoms with van der Waals surface area (Å²) in [5, 5.41) is 9.98. The summed E-state index contributed by atoms with van der Waals surface area (Å²) in [5.41, 5.74) is 0.948. The molecule has 0 saturated heterocycles. The molecule has 13 heavy (non-hydrogen) atoms. The van der Waals surface area contributed by atoms with Gasteiger partial charge in [-0.15, -0.1) is 0 Å². The molecule has 0 heterocycles. The van der Waals surface area contributed by atoms with Gasteiger partial charge in [0.25, 0.3) is 0 Å². The van der Waals surface area contributed by atoms with Crippen LogP contribution in [0.5, 0.6) is 0 Å². The molecule has 0 unspecified atom stereocenters. The first-order valence-electron chi connectivity index (χ1n) is 3.87. The smallest absolute Gasteiger partial charge is 0.0521 e. The summed E-state index contributed by atoms with van der Waals surface area (Å²) in [6.07, 6.45) is 0. The summed E-state index contributed by atoms with van der Waals surface area (Å²) >= 11 is 13.5. The summed E-state index contributed by atoms with van der Waals surface area (Å²) in [6.45, 7) is 0.187. The largest absolute Gasteiger partial charge is 0.396 e. The Morgan fingerprint density at radius 3 is 2.38 bits per heavy atom. The van der Waals surface area contributed by atoms with E-state index in [0.29, 0.717) is 15.8 Å². The Morgan fingerprint density at radius 2 is 1.85 bits per heavy atom. The summed E-state index contributed by atoms with van der Waals surface area (Å²) in [7, 11) is 0. The molecule has 0 spiro atoms. The lowest BCUT2D eigenvalue weighted by molar-refractivity contribution is 0.322. The standard InChI is InChI=1S/C9H10Cl2OS/c10-8-2-1-3-9(11)7(8)6-13-5-4-12/h1-3,12H,4-6H2. The summed E-state index contributed by atoms with van der Waals surface area (Å²) in [5.74, 6) is 1.46. The van der Waals surface area contributed by atoms with Crippen LogP contribution in [0.15, 0.2) is 18.2 Å². The zero-order valence-electron chi connectivity index (χ0n) is 6.96. The van der Waals surface area contributed by atoms with Gasteiger partial charge >= 0.3 is 0 Å². The van der Waals surface area contributed by atoms with Gasteiger partial charge in [-0.1, -0.05) is 29.3 Å². The van der Waals surface area contributed by atoms with Crippen molar-refractivity contribution in [2.24, 2.45) is 0 Å². The number of halogens is 2. The summed E-state index contributed by atoms with van der Waals surface area (Å²) in [6, 6.07) is 5.47. The first-order valence-corrected chi connectivity index (χ1v) is 5.78. The number of thioether (sulfide) groups is 1. The molecule has 72 valence electrons. The topological polar surface area (TPSA) is 20.2 Å². The Hall–Kier alpha value is 0.110. The van der Waals surface area contributed by atoms with Crippen LogP contribution in [0.25, 0.3) is 0 Å². The van der Waals surface area contributed by atoms with E-state index in [1.54, 1.807) is 11.8 Å². The number of hydrogen-bond donors (Lipinski definition) is 1. The Labute approximate surface area is 92.1 Å². The maximum absolute atomic E-state index is 8.60. The fraction of sp³-hybridized carbons (Fsp3) is 0.333. The molecule has 0 aliphatic carbocycles. The van der Waals surface area contributed by atoms with Crippen molar-refractivity contribution in [3.05, 3.63) is 33.8 Å². The third-order valence-electron chi connectivity index (χ3n) is 1.54. The van der Waals surface area contributed by atoms with E-state index in [4.69, 9.17) is 28.3 Å². The lowest BCUT2D eigenvalue weighted by atomic mass is 10.2. The maximum atomic E-state index is 8.60. The van der Waals surface area contributed by atoms with E-state index in [9.17, 15) is 0 Å². The highest BCUT2D eigenvalue weighted by Gasteiger charge is 2.04. The second-order valence-electron chi connectivity index (χ2n) is 2.48. The fourth-order valence-corrected chi connectivity index (χ4v) is 2.39. The predicted octanol–water partition coefficient (Wildman–Crippen LogP) is 3.22. The second kappa shape index (κ2) is 5.76. The van der Waals surface area contributed by atoms with E-state index >= 15 is 0 Å². The third kappa shape index (κ3) is 3.39. The number of aliphatic hydroxyl groups excluding tert-OH is 1. The van der Waals surface area contributed by atoms with Crippen LogP contribution in [-0.2, 0) is 5.75 Å². The third-order valence-corrected chi connectivity index (χ3v) is 3.22. The van der Waals surface area contributed by atoms with Gasteiger partial charge in [-0.25, -0.2) is 0 Å². The van der Waals surface area contributed by atoms with Crippen LogP contribution < -0.4 is 0 Å². The van der Waals surface area contributed by atoms with Crippen LogP contribution >= 0.6 is 35.0 Å². The molecule has 0 bridgehead atoms. The molecule has 1 nitrogen and oxygen atoms in total. The van der Waals surface area contributed by atoms with Crippen molar-refractivity contribution in [2.45, 2.75) is 5.75 Å². The Balaban J connectivity index is 2.64. The molecule has 1 aromatic carbocycles. The molecule has 0 aliphatic heterocycles. The summed E-state index contributed by atoms with van der Waals surface area (Å²) < 4.78 is 0. The second-order valence-corrected chi connectivity index (χ2v) is 4.40. The number of rotatable bonds is 4. The molecule has 0 aromatic heterocycles. The van der Waals surface area contributed by atoms with Crippen LogP contribution in [0.2, 0.25) is 10.0 Å². The highest BCUT2D eigenvalue weighted by Crippen LogP contribution is 2.27. The van der Waals surface area contributed by atoms with Crippen molar-refractivity contribution < 1.29 is 5.11 Å². The number of hydrogen-bond acceptors (Lipinski definition) is 2. The van der Waals surface area contributed by atoms with Crippen molar-refractivity contribution in [2.75, 3.05) is 12.4 Å². The van der Waals surface area contributed by atoms with Crippen molar-refractivity contribution in [1.82, 2.24) is 0 Å². The average molecular weight is 237 g/mol. The monoisotopic (exact) mass is 236 g/mol. The highest BCUT2D eigenvalue weighted by atomic mass is 35.5. The van der Waals surface area contributed by atoms with Gasteiger partial charge in [0.1, 0.15) is 0 Å². The molecule has 1 rings (SSSR count). The molecule has 0 amide bonds. The fourth-order valence-electron chi connectivity index (χ4n) is 0.909. The molecule has 4 heteroatoms. The van der Waals surface area contributed by atoms with E-state index in [0.717, 1.165) is 11.3 Å². The van der Waals surface area contributed by atoms with Gasteiger partial charge in [0.15, 0.2) is 0 Å². The van der Waals surface area contributed by atoms with E-state index in [-0.39, 0.29) is 6.61 Å². The van der Waals surface area contributed by atoms with Crippen LogP contribution in [0.4, 0.5) is 0 Å². The van der Waals surface area contributed by atoms with Gasteiger partial charge < -0.3 is 5.11 Å². The van der Waals surface area contributed by atoms with Gasteiger partial charge in [0.05, 0.1) is 6.61 Å². The normalized spacial score (nSPS) is 10.4. The van der Waals surface area contributed by atoms with Gasteiger partial charge in [-0.05, 0) is 17.7 Å². The van der Waals surface area contributed by atoms with E-state index < -0.39 is 0 Å². The lowest BCUT2D eigenvalue weighted by Crippen LogP contribution is -1.89. The number of benzene rings is 1. The molecule has 1 aromatic rings. The lowest BCUT2D eigenvalue weighted by Gasteiger charge is -2.05. The van der Waals surface area contributed by atoms with Crippen molar-refractivity contribution in [3.8, 4) is 0 Å². The molecule has 1 N–H and O–H groups in total. The predicted molar refractivity (Wildman–Crippen MR) is 59.7 cm³/mol. The van der Waals surface area contributed by atoms with Crippen molar-refractivity contribution in [3.63, 3.8) is 0 Å². The van der Waals surface area contributed by atoms with E-state index in [2.05, 4.69) is 0 Å². The van der Waals surface area contributed by atoms with E-state index in [1.165, 1.54) is 0 Å². The minimum absolute atomic E-state index is 0.187. The van der Waals surface area contributed by atoms with E-state index in [1.807, 2.05) is 18.2 Å². The first kappa shape index (κ1) is 11.2. The van der Waals surface area contributed by atoms with Crippen LogP contribution in [0.3, 0.4) is 0 Å². The molecule has 0 fully saturated rings. The van der Waals surface area contributed by atoms with Crippen LogP contribution in [0, 0.1) is 0 Å². The molecule has 0 radical (unpaired) electrons. The first-order chi connectivity index (χ1) is 6.25. The van der Waals surface area contributed by atoms with Gasteiger partial charge in [0, 0.05) is 21.6 Å². The SMILES string of the molecule is OCCSCc1c(Cl)cccc1Cl. The number of aliphatic hydroxyl groups is 1. The molecule has 0 saturated carbocycles. The van der Waals surface area contributed by atoms with Gasteiger partial charge in [-0.2, -0.15) is 11.8 Å². The minimum atomic E-state index is 0.187. The Morgan fingerprint density at radius 1 is 1.23 bits per heavy atom. The van der Waals surface area contributed by atoms with Crippen molar-refractivity contribution >= 4 is 35.0 Å². The van der Waals surface area contributed by atoms with Gasteiger partial charge in [-0.3, -0.25) is 0 Å².